The number of hydrogen-bond acceptors (Lipinski definition) is 0. The number of aryl methyl sites for hydroxylation is 1. The average molecular weight is 290 g/mol. The predicted molar refractivity (Wildman–Crippen MR) is 72.0 cm³/mol. The number of halogens is 2. The van der Waals surface area contributed by atoms with E-state index in [-0.39, 0.29) is 0 Å². The Labute approximate surface area is 106 Å². The van der Waals surface area contributed by atoms with Gasteiger partial charge in [-0.05, 0) is 42.4 Å². The number of hydrogen-bond donors (Lipinski definition) is 0. The maximum atomic E-state index is 6.22. The summed E-state index contributed by atoms with van der Waals surface area (Å²) in [7, 11) is 0. The van der Waals surface area contributed by atoms with E-state index in [1.807, 2.05) is 6.07 Å². The van der Waals surface area contributed by atoms with E-state index in [1.54, 1.807) is 0 Å². The lowest BCUT2D eigenvalue weighted by Gasteiger charge is -2.18. The third kappa shape index (κ3) is 3.81. The molecule has 1 aromatic rings. The van der Waals surface area contributed by atoms with E-state index in [0.717, 1.165) is 16.8 Å². The molecule has 0 heterocycles. The van der Waals surface area contributed by atoms with Gasteiger partial charge in [-0.25, -0.2) is 0 Å². The zero-order chi connectivity index (χ0) is 11.4. The molecule has 0 fully saturated rings. The fourth-order valence-electron chi connectivity index (χ4n) is 1.57. The molecule has 0 spiro atoms. The van der Waals surface area contributed by atoms with Gasteiger partial charge >= 0.3 is 0 Å². The average Bonchev–Trinajstić information content (AvgIpc) is 2.16. The first-order valence-electron chi connectivity index (χ1n) is 5.35. The number of rotatable bonds is 4. The summed E-state index contributed by atoms with van der Waals surface area (Å²) in [6.45, 7) is 6.59. The highest BCUT2D eigenvalue weighted by molar-refractivity contribution is 9.09. The molecule has 1 unspecified atom stereocenters. The van der Waals surface area contributed by atoms with Crippen molar-refractivity contribution >= 4 is 27.5 Å². The van der Waals surface area contributed by atoms with Crippen LogP contribution in [0.5, 0.6) is 0 Å². The molecular weight excluding hydrogens is 271 g/mol. The first-order chi connectivity index (χ1) is 7.04. The van der Waals surface area contributed by atoms with Crippen molar-refractivity contribution in [3.8, 4) is 0 Å². The fourth-order valence-corrected chi connectivity index (χ4v) is 2.86. The Morgan fingerprint density at radius 1 is 1.33 bits per heavy atom. The molecule has 1 rings (SSSR count). The first-order valence-corrected chi connectivity index (χ1v) is 6.85. The summed E-state index contributed by atoms with van der Waals surface area (Å²) < 4.78 is 0. The van der Waals surface area contributed by atoms with Gasteiger partial charge < -0.3 is 0 Å². The molecular formula is C13H18BrCl. The minimum atomic E-state index is 0.658. The van der Waals surface area contributed by atoms with E-state index in [2.05, 4.69) is 48.8 Å². The molecule has 0 radical (unpaired) electrons. The van der Waals surface area contributed by atoms with Crippen molar-refractivity contribution in [2.45, 2.75) is 27.2 Å². The van der Waals surface area contributed by atoms with Crippen LogP contribution in [-0.4, -0.2) is 5.33 Å². The highest BCUT2D eigenvalue weighted by atomic mass is 79.9. The van der Waals surface area contributed by atoms with Crippen LogP contribution < -0.4 is 0 Å². The molecule has 0 aliphatic carbocycles. The first kappa shape index (κ1) is 13.1. The van der Waals surface area contributed by atoms with Gasteiger partial charge in [0.1, 0.15) is 0 Å². The summed E-state index contributed by atoms with van der Waals surface area (Å²) in [4.78, 5) is 0. The van der Waals surface area contributed by atoms with Gasteiger partial charge in [0.05, 0.1) is 0 Å². The van der Waals surface area contributed by atoms with Crippen molar-refractivity contribution in [3.05, 3.63) is 34.3 Å². The molecule has 84 valence electrons. The van der Waals surface area contributed by atoms with E-state index in [9.17, 15) is 0 Å². The van der Waals surface area contributed by atoms with Crippen molar-refractivity contribution in [2.75, 3.05) is 5.33 Å². The summed E-state index contributed by atoms with van der Waals surface area (Å²) in [6, 6.07) is 6.32. The molecule has 1 aromatic carbocycles. The topological polar surface area (TPSA) is 0 Å². The van der Waals surface area contributed by atoms with Gasteiger partial charge in [-0.15, -0.1) is 0 Å². The van der Waals surface area contributed by atoms with Crippen molar-refractivity contribution in [3.63, 3.8) is 0 Å². The van der Waals surface area contributed by atoms with E-state index in [4.69, 9.17) is 11.6 Å². The van der Waals surface area contributed by atoms with E-state index < -0.39 is 0 Å². The fraction of sp³-hybridized carbons (Fsp3) is 0.538. The summed E-state index contributed by atoms with van der Waals surface area (Å²) in [5, 5.41) is 1.94. The summed E-state index contributed by atoms with van der Waals surface area (Å²) in [5.41, 5.74) is 2.49. The quantitative estimate of drug-likeness (QED) is 0.695. The van der Waals surface area contributed by atoms with Crippen LogP contribution in [0.3, 0.4) is 0 Å². The van der Waals surface area contributed by atoms with Crippen LogP contribution in [0.15, 0.2) is 18.2 Å². The molecule has 2 heteroatoms. The van der Waals surface area contributed by atoms with Crippen LogP contribution in [0.1, 0.15) is 25.0 Å². The molecule has 0 aliphatic rings. The van der Waals surface area contributed by atoms with Crippen LogP contribution in [0.2, 0.25) is 5.02 Å². The van der Waals surface area contributed by atoms with Gasteiger partial charge in [0.25, 0.3) is 0 Å². The van der Waals surface area contributed by atoms with Gasteiger partial charge in [-0.3, -0.25) is 0 Å². The smallest absolute Gasteiger partial charge is 0.0440 e. The van der Waals surface area contributed by atoms with Gasteiger partial charge in [-0.2, -0.15) is 0 Å². The summed E-state index contributed by atoms with van der Waals surface area (Å²) in [5.74, 6) is 1.34. The molecule has 15 heavy (non-hydrogen) atoms. The third-order valence-electron chi connectivity index (χ3n) is 2.83. The van der Waals surface area contributed by atoms with Crippen LogP contribution in [0.4, 0.5) is 0 Å². The molecule has 0 saturated heterocycles. The molecule has 0 amide bonds. The molecule has 1 atom stereocenters. The van der Waals surface area contributed by atoms with Crippen molar-refractivity contribution < 1.29 is 0 Å². The molecule has 0 saturated carbocycles. The minimum Gasteiger partial charge on any atom is -0.0925 e. The SMILES string of the molecule is Cc1ccc(CC(CBr)C(C)C)c(Cl)c1. The molecule has 0 bridgehead atoms. The maximum Gasteiger partial charge on any atom is 0.0440 e. The Balaban J connectivity index is 2.79. The number of benzene rings is 1. The van der Waals surface area contributed by atoms with Crippen LogP contribution in [0.25, 0.3) is 0 Å². The van der Waals surface area contributed by atoms with Crippen molar-refractivity contribution in [2.24, 2.45) is 11.8 Å². The Morgan fingerprint density at radius 3 is 2.47 bits per heavy atom. The summed E-state index contributed by atoms with van der Waals surface area (Å²) >= 11 is 9.79. The van der Waals surface area contributed by atoms with Crippen LogP contribution >= 0.6 is 27.5 Å². The van der Waals surface area contributed by atoms with Gasteiger partial charge in [0, 0.05) is 10.4 Å². The van der Waals surface area contributed by atoms with Crippen LogP contribution in [-0.2, 0) is 6.42 Å². The number of alkyl halides is 1. The highest BCUT2D eigenvalue weighted by Gasteiger charge is 2.14. The molecule has 0 N–H and O–H groups in total. The molecule has 0 aliphatic heterocycles. The van der Waals surface area contributed by atoms with E-state index >= 15 is 0 Å². The van der Waals surface area contributed by atoms with Crippen LogP contribution in [0, 0.1) is 18.8 Å². The second-order valence-electron chi connectivity index (χ2n) is 4.46. The minimum absolute atomic E-state index is 0.658. The Hall–Kier alpha value is -0.0100. The predicted octanol–water partition coefficient (Wildman–Crippen LogP) is 4.86. The Morgan fingerprint density at radius 2 is 2.00 bits per heavy atom. The van der Waals surface area contributed by atoms with Gasteiger partial charge in [0.2, 0.25) is 0 Å². The maximum absolute atomic E-state index is 6.22. The standard InChI is InChI=1S/C13H18BrCl/c1-9(2)12(8-14)7-11-5-4-10(3)6-13(11)15/h4-6,9,12H,7-8H2,1-3H3. The van der Waals surface area contributed by atoms with Gasteiger partial charge in [0.15, 0.2) is 0 Å². The second kappa shape index (κ2) is 5.91. The largest absolute Gasteiger partial charge is 0.0925 e. The Kier molecular flexibility index (Phi) is 5.14. The van der Waals surface area contributed by atoms with E-state index in [0.29, 0.717) is 11.8 Å². The zero-order valence-corrected chi connectivity index (χ0v) is 11.9. The normalized spacial score (nSPS) is 13.2. The van der Waals surface area contributed by atoms with E-state index in [1.165, 1.54) is 11.1 Å². The third-order valence-corrected chi connectivity index (χ3v) is 4.02. The molecule has 0 nitrogen and oxygen atoms in total. The molecule has 0 aromatic heterocycles. The highest BCUT2D eigenvalue weighted by Crippen LogP contribution is 2.25. The summed E-state index contributed by atoms with van der Waals surface area (Å²) in [6.07, 6.45) is 1.06. The lowest BCUT2D eigenvalue weighted by Crippen LogP contribution is -2.13. The Bertz CT molecular complexity index is 320. The van der Waals surface area contributed by atoms with Gasteiger partial charge in [-0.1, -0.05) is 53.5 Å². The van der Waals surface area contributed by atoms with Crippen molar-refractivity contribution in [1.29, 1.82) is 0 Å². The van der Waals surface area contributed by atoms with Crippen molar-refractivity contribution in [1.82, 2.24) is 0 Å². The second-order valence-corrected chi connectivity index (χ2v) is 5.51. The zero-order valence-electron chi connectivity index (χ0n) is 9.56. The lowest BCUT2D eigenvalue weighted by atomic mass is 9.91. The lowest BCUT2D eigenvalue weighted by molar-refractivity contribution is 0.427. The monoisotopic (exact) mass is 288 g/mol.